The molecule has 3 rings (SSSR count). The van der Waals surface area contributed by atoms with Crippen molar-refractivity contribution in [3.8, 4) is 5.75 Å². The van der Waals surface area contributed by atoms with Crippen LogP contribution in [-0.2, 0) is 9.59 Å². The third kappa shape index (κ3) is 3.66. The van der Waals surface area contributed by atoms with Crippen molar-refractivity contribution >= 4 is 23.2 Å². The van der Waals surface area contributed by atoms with Crippen molar-refractivity contribution in [2.24, 2.45) is 0 Å². The topological polar surface area (TPSA) is 85.3 Å². The number of hydrogen-bond acceptors (Lipinski definition) is 7. The summed E-state index contributed by atoms with van der Waals surface area (Å²) in [6, 6.07) is 5.64. The molecule has 0 aliphatic carbocycles. The van der Waals surface area contributed by atoms with Gasteiger partial charge in [-0.05, 0) is 19.2 Å². The molecule has 2 heterocycles. The number of aliphatic hydroxyl groups is 1. The lowest BCUT2D eigenvalue weighted by atomic mass is 10.2. The average Bonchev–Trinajstić information content (AvgIpc) is 2.90. The van der Waals surface area contributed by atoms with Crippen molar-refractivity contribution in [1.29, 1.82) is 0 Å². The van der Waals surface area contributed by atoms with Gasteiger partial charge in [0.2, 0.25) is 0 Å². The zero-order valence-corrected chi connectivity index (χ0v) is 15.1. The number of methoxy groups -OCH3 is 1. The van der Waals surface area contributed by atoms with Crippen molar-refractivity contribution in [2.45, 2.75) is 0 Å². The van der Waals surface area contributed by atoms with E-state index in [4.69, 9.17) is 9.84 Å². The predicted molar refractivity (Wildman–Crippen MR) is 98.2 cm³/mol. The Labute approximate surface area is 152 Å². The Bertz CT molecular complexity index is 726. The number of ether oxygens (including phenoxy) is 1. The Balaban J connectivity index is 1.75. The first-order valence-corrected chi connectivity index (χ1v) is 8.60. The fourth-order valence-corrected chi connectivity index (χ4v) is 3.13. The molecule has 26 heavy (non-hydrogen) atoms. The number of likely N-dealkylation sites (N-methyl/N-ethyl adjacent to an activating group) is 1. The third-order valence-corrected chi connectivity index (χ3v) is 4.64. The molecule has 1 fully saturated rings. The molecule has 0 atom stereocenters. The average molecular weight is 360 g/mol. The first-order valence-electron chi connectivity index (χ1n) is 8.60. The van der Waals surface area contributed by atoms with Crippen molar-refractivity contribution in [3.05, 3.63) is 30.0 Å². The summed E-state index contributed by atoms with van der Waals surface area (Å²) in [5, 5.41) is 11.9. The van der Waals surface area contributed by atoms with E-state index in [1.807, 2.05) is 18.2 Å². The van der Waals surface area contributed by atoms with Gasteiger partial charge in [-0.25, -0.2) is 0 Å². The number of β-amino-alcohol motifs (C(OH)–C–C–N with tert-alkyl or cyclic N) is 1. The lowest BCUT2D eigenvalue weighted by Crippen LogP contribution is -2.44. The molecule has 0 radical (unpaired) electrons. The second kappa shape index (κ2) is 7.76. The van der Waals surface area contributed by atoms with E-state index >= 15 is 0 Å². The van der Waals surface area contributed by atoms with Crippen LogP contribution in [0.1, 0.15) is 0 Å². The van der Waals surface area contributed by atoms with Gasteiger partial charge in [-0.15, -0.1) is 0 Å². The number of rotatable bonds is 6. The standard InChI is InChI=1S/C18H24N4O4/c1-20-5-7-21(8-6-20)15-4-3-13(11-16(15)26-2)19-14-12-17(24)22(9-10-23)18(14)25/h3-4,11-12,19,23H,5-10H2,1-2H3. The summed E-state index contributed by atoms with van der Waals surface area (Å²) in [6.45, 7) is 3.57. The van der Waals surface area contributed by atoms with Crippen LogP contribution in [0.4, 0.5) is 11.4 Å². The summed E-state index contributed by atoms with van der Waals surface area (Å²) in [7, 11) is 3.72. The van der Waals surface area contributed by atoms with E-state index in [0.717, 1.165) is 36.8 Å². The van der Waals surface area contributed by atoms with Crippen LogP contribution in [-0.4, -0.2) is 80.2 Å². The van der Waals surface area contributed by atoms with Crippen LogP contribution in [0.3, 0.4) is 0 Å². The van der Waals surface area contributed by atoms with Crippen LogP contribution in [0.15, 0.2) is 30.0 Å². The maximum atomic E-state index is 12.2. The maximum Gasteiger partial charge on any atom is 0.277 e. The number of amides is 2. The van der Waals surface area contributed by atoms with Gasteiger partial charge in [0.15, 0.2) is 0 Å². The minimum absolute atomic E-state index is 0.00892. The molecular formula is C18H24N4O4. The zero-order valence-electron chi connectivity index (χ0n) is 15.1. The number of nitrogens with one attached hydrogen (secondary N) is 1. The van der Waals surface area contributed by atoms with Gasteiger partial charge in [0.1, 0.15) is 11.4 Å². The summed E-state index contributed by atoms with van der Waals surface area (Å²) in [4.78, 5) is 29.6. The van der Waals surface area contributed by atoms with E-state index in [2.05, 4.69) is 22.2 Å². The number of imide groups is 1. The van der Waals surface area contributed by atoms with E-state index in [0.29, 0.717) is 11.4 Å². The van der Waals surface area contributed by atoms with Crippen molar-refractivity contribution in [2.75, 3.05) is 63.7 Å². The molecule has 2 amide bonds. The molecule has 2 N–H and O–H groups in total. The lowest BCUT2D eigenvalue weighted by molar-refractivity contribution is -0.137. The molecule has 1 saturated heterocycles. The molecule has 140 valence electrons. The molecule has 0 unspecified atom stereocenters. The van der Waals surface area contributed by atoms with Gasteiger partial charge >= 0.3 is 0 Å². The van der Waals surface area contributed by atoms with E-state index in [1.54, 1.807) is 7.11 Å². The van der Waals surface area contributed by atoms with Gasteiger partial charge in [0.25, 0.3) is 11.8 Å². The SMILES string of the molecule is COc1cc(NC2=CC(=O)N(CCO)C2=O)ccc1N1CCN(C)CC1. The molecule has 2 aliphatic rings. The number of carbonyl (C=O) groups excluding carboxylic acids is 2. The molecular weight excluding hydrogens is 336 g/mol. The summed E-state index contributed by atoms with van der Waals surface area (Å²) in [5.41, 5.74) is 1.87. The minimum atomic E-state index is -0.439. The summed E-state index contributed by atoms with van der Waals surface area (Å²) < 4.78 is 5.53. The summed E-state index contributed by atoms with van der Waals surface area (Å²) in [5.74, 6) is -0.150. The smallest absolute Gasteiger partial charge is 0.277 e. The van der Waals surface area contributed by atoms with Crippen molar-refractivity contribution in [1.82, 2.24) is 9.80 Å². The molecule has 8 heteroatoms. The van der Waals surface area contributed by atoms with Crippen molar-refractivity contribution < 1.29 is 19.4 Å². The fraction of sp³-hybridized carbons (Fsp3) is 0.444. The molecule has 2 aliphatic heterocycles. The number of aliphatic hydroxyl groups excluding tert-OH is 1. The molecule has 0 spiro atoms. The van der Waals surface area contributed by atoms with E-state index in [1.165, 1.54) is 6.08 Å². The van der Waals surface area contributed by atoms with Gasteiger partial charge in [0, 0.05) is 44.0 Å². The quantitative estimate of drug-likeness (QED) is 0.696. The van der Waals surface area contributed by atoms with Crippen LogP contribution in [0.25, 0.3) is 0 Å². The maximum absolute atomic E-state index is 12.2. The molecule has 0 aromatic heterocycles. The van der Waals surface area contributed by atoms with Crippen LogP contribution in [0.2, 0.25) is 0 Å². The summed E-state index contributed by atoms with van der Waals surface area (Å²) in [6.07, 6.45) is 1.25. The zero-order chi connectivity index (χ0) is 18.7. The number of piperazine rings is 1. The highest BCUT2D eigenvalue weighted by Gasteiger charge is 2.30. The predicted octanol–water partition coefficient (Wildman–Crippen LogP) is 0.104. The van der Waals surface area contributed by atoms with Crippen LogP contribution in [0.5, 0.6) is 5.75 Å². The first kappa shape index (κ1) is 18.2. The molecule has 8 nitrogen and oxygen atoms in total. The number of hydrogen-bond donors (Lipinski definition) is 2. The van der Waals surface area contributed by atoms with Gasteiger partial charge in [-0.2, -0.15) is 0 Å². The highest BCUT2D eigenvalue weighted by Crippen LogP contribution is 2.32. The molecule has 1 aromatic rings. The Morgan fingerprint density at radius 2 is 1.92 bits per heavy atom. The van der Waals surface area contributed by atoms with E-state index in [9.17, 15) is 9.59 Å². The Hall–Kier alpha value is -2.58. The monoisotopic (exact) mass is 360 g/mol. The summed E-state index contributed by atoms with van der Waals surface area (Å²) >= 11 is 0. The molecule has 1 aromatic carbocycles. The van der Waals surface area contributed by atoms with Gasteiger partial charge < -0.3 is 25.0 Å². The fourth-order valence-electron chi connectivity index (χ4n) is 3.13. The number of carbonyl (C=O) groups is 2. The third-order valence-electron chi connectivity index (χ3n) is 4.64. The Morgan fingerprint density at radius 3 is 2.58 bits per heavy atom. The van der Waals surface area contributed by atoms with Crippen LogP contribution < -0.4 is 15.0 Å². The normalized spacial score (nSPS) is 18.3. The van der Waals surface area contributed by atoms with Gasteiger partial charge in [-0.1, -0.05) is 0 Å². The molecule has 0 bridgehead atoms. The molecule has 0 saturated carbocycles. The van der Waals surface area contributed by atoms with Crippen molar-refractivity contribution in [3.63, 3.8) is 0 Å². The highest BCUT2D eigenvalue weighted by atomic mass is 16.5. The second-order valence-corrected chi connectivity index (χ2v) is 6.38. The van der Waals surface area contributed by atoms with E-state index < -0.39 is 11.8 Å². The van der Waals surface area contributed by atoms with E-state index in [-0.39, 0.29) is 18.8 Å². The number of anilines is 2. The van der Waals surface area contributed by atoms with Crippen LogP contribution in [0, 0.1) is 0 Å². The first-order chi connectivity index (χ1) is 12.5. The minimum Gasteiger partial charge on any atom is -0.495 e. The van der Waals surface area contributed by atoms with Gasteiger partial charge in [0.05, 0.1) is 25.9 Å². The van der Waals surface area contributed by atoms with Gasteiger partial charge in [-0.3, -0.25) is 14.5 Å². The lowest BCUT2D eigenvalue weighted by Gasteiger charge is -2.34. The van der Waals surface area contributed by atoms with Crippen LogP contribution >= 0.6 is 0 Å². The second-order valence-electron chi connectivity index (χ2n) is 6.38. The largest absolute Gasteiger partial charge is 0.495 e. The highest BCUT2D eigenvalue weighted by molar-refractivity contribution is 6.17. The Kier molecular flexibility index (Phi) is 5.43. The Morgan fingerprint density at radius 1 is 1.19 bits per heavy atom. The number of nitrogens with zero attached hydrogens (tertiary/aromatic N) is 3. The number of benzene rings is 1.